The van der Waals surface area contributed by atoms with E-state index in [0.717, 1.165) is 5.56 Å². The third kappa shape index (κ3) is 2.32. The molecular weight excluding hydrogens is 266 g/mol. The van der Waals surface area contributed by atoms with Gasteiger partial charge in [0.15, 0.2) is 6.10 Å². The molecule has 2 aromatic rings. The van der Waals surface area contributed by atoms with Crippen molar-refractivity contribution in [1.29, 1.82) is 5.26 Å². The summed E-state index contributed by atoms with van der Waals surface area (Å²) < 4.78 is 5.60. The summed E-state index contributed by atoms with van der Waals surface area (Å²) in [6.07, 6.45) is 1.03. The van der Waals surface area contributed by atoms with Gasteiger partial charge in [0, 0.05) is 11.8 Å². The smallest absolute Gasteiger partial charge is 0.268 e. The van der Waals surface area contributed by atoms with E-state index in [1.54, 1.807) is 24.1 Å². The average Bonchev–Trinajstić information content (AvgIpc) is 2.52. The van der Waals surface area contributed by atoms with Crippen LogP contribution in [0, 0.1) is 11.3 Å². The Bertz CT molecular complexity index is 736. The largest absolute Gasteiger partial charge is 0.479 e. The van der Waals surface area contributed by atoms with Crippen LogP contribution in [-0.2, 0) is 11.3 Å². The number of pyridine rings is 1. The molecule has 1 aromatic carbocycles. The van der Waals surface area contributed by atoms with Crippen molar-refractivity contribution in [2.45, 2.75) is 19.6 Å². The lowest BCUT2D eigenvalue weighted by Gasteiger charge is -2.33. The molecule has 5 nitrogen and oxygen atoms in total. The van der Waals surface area contributed by atoms with Crippen LogP contribution in [0.5, 0.6) is 5.75 Å². The van der Waals surface area contributed by atoms with E-state index >= 15 is 0 Å². The van der Waals surface area contributed by atoms with Gasteiger partial charge in [-0.25, -0.2) is 4.98 Å². The molecule has 0 spiro atoms. The maximum absolute atomic E-state index is 12.4. The molecule has 104 valence electrons. The number of ether oxygens (including phenoxy) is 1. The van der Waals surface area contributed by atoms with Crippen LogP contribution in [0.15, 0.2) is 42.6 Å². The number of hydrogen-bond acceptors (Lipinski definition) is 4. The van der Waals surface area contributed by atoms with E-state index < -0.39 is 6.10 Å². The fourth-order valence-corrected chi connectivity index (χ4v) is 2.36. The molecule has 0 fully saturated rings. The second-order valence-electron chi connectivity index (χ2n) is 4.78. The van der Waals surface area contributed by atoms with E-state index in [2.05, 4.69) is 11.1 Å². The number of nitrogens with zero attached hydrogens (tertiary/aromatic N) is 3. The second kappa shape index (κ2) is 5.25. The molecule has 3 rings (SSSR count). The zero-order valence-corrected chi connectivity index (χ0v) is 11.5. The Morgan fingerprint density at radius 2 is 2.14 bits per heavy atom. The minimum absolute atomic E-state index is 0.124. The lowest BCUT2D eigenvalue weighted by Crippen LogP contribution is -2.44. The molecule has 1 aliphatic rings. The Morgan fingerprint density at radius 1 is 1.33 bits per heavy atom. The standard InChI is InChI=1S/C16H13N3O2/c1-11-16(20)19(14-6-2-3-7-15(14)21-11)10-12-5-4-8-18-13(12)9-17/h2-8,11H,10H2,1H3. The van der Waals surface area contributed by atoms with Crippen molar-refractivity contribution in [3.05, 3.63) is 53.9 Å². The van der Waals surface area contributed by atoms with E-state index in [1.807, 2.05) is 30.3 Å². The second-order valence-corrected chi connectivity index (χ2v) is 4.78. The van der Waals surface area contributed by atoms with Crippen LogP contribution in [0.4, 0.5) is 5.69 Å². The third-order valence-corrected chi connectivity index (χ3v) is 3.40. The molecule has 0 radical (unpaired) electrons. The van der Waals surface area contributed by atoms with Gasteiger partial charge in [0.1, 0.15) is 17.5 Å². The summed E-state index contributed by atoms with van der Waals surface area (Å²) in [4.78, 5) is 18.1. The van der Waals surface area contributed by atoms with Crippen molar-refractivity contribution < 1.29 is 9.53 Å². The number of benzene rings is 1. The molecule has 0 saturated heterocycles. The van der Waals surface area contributed by atoms with E-state index in [4.69, 9.17) is 10.00 Å². The number of fused-ring (bicyclic) bond motifs is 1. The van der Waals surface area contributed by atoms with Crippen molar-refractivity contribution in [2.75, 3.05) is 4.90 Å². The molecule has 0 saturated carbocycles. The van der Waals surface area contributed by atoms with Crippen LogP contribution in [0.2, 0.25) is 0 Å². The van der Waals surface area contributed by atoms with Crippen LogP contribution in [-0.4, -0.2) is 17.0 Å². The van der Waals surface area contributed by atoms with Gasteiger partial charge >= 0.3 is 0 Å². The zero-order chi connectivity index (χ0) is 14.8. The molecular formula is C16H13N3O2. The predicted molar refractivity (Wildman–Crippen MR) is 76.7 cm³/mol. The molecule has 1 atom stereocenters. The fourth-order valence-electron chi connectivity index (χ4n) is 2.36. The minimum Gasteiger partial charge on any atom is -0.479 e. The number of anilines is 1. The van der Waals surface area contributed by atoms with Crippen molar-refractivity contribution in [3.8, 4) is 11.8 Å². The number of para-hydroxylation sites is 2. The van der Waals surface area contributed by atoms with Crippen LogP contribution in [0.25, 0.3) is 0 Å². The molecule has 1 aliphatic heterocycles. The summed E-state index contributed by atoms with van der Waals surface area (Å²) in [5.41, 5.74) is 1.77. The lowest BCUT2D eigenvalue weighted by molar-refractivity contribution is -0.125. The summed E-state index contributed by atoms with van der Waals surface area (Å²) in [5.74, 6) is 0.549. The first-order valence-electron chi connectivity index (χ1n) is 6.62. The number of hydrogen-bond donors (Lipinski definition) is 0. The maximum Gasteiger partial charge on any atom is 0.268 e. The van der Waals surface area contributed by atoms with Gasteiger partial charge in [0.05, 0.1) is 12.2 Å². The summed E-state index contributed by atoms with van der Waals surface area (Å²) in [7, 11) is 0. The summed E-state index contributed by atoms with van der Waals surface area (Å²) in [5, 5.41) is 9.12. The van der Waals surface area contributed by atoms with Gasteiger partial charge in [0.2, 0.25) is 0 Å². The fraction of sp³-hybridized carbons (Fsp3) is 0.188. The van der Waals surface area contributed by atoms with Crippen LogP contribution >= 0.6 is 0 Å². The Morgan fingerprint density at radius 3 is 2.95 bits per heavy atom. The van der Waals surface area contributed by atoms with E-state index in [9.17, 15) is 4.79 Å². The minimum atomic E-state index is -0.540. The van der Waals surface area contributed by atoms with Crippen LogP contribution in [0.1, 0.15) is 18.2 Å². The molecule has 5 heteroatoms. The molecule has 1 aromatic heterocycles. The lowest BCUT2D eigenvalue weighted by atomic mass is 10.1. The van der Waals surface area contributed by atoms with Gasteiger partial charge in [0.25, 0.3) is 5.91 Å². The zero-order valence-electron chi connectivity index (χ0n) is 11.5. The Kier molecular flexibility index (Phi) is 3.28. The highest BCUT2D eigenvalue weighted by Crippen LogP contribution is 2.34. The number of aromatic nitrogens is 1. The highest BCUT2D eigenvalue weighted by molar-refractivity contribution is 5.99. The van der Waals surface area contributed by atoms with Gasteiger partial charge in [-0.1, -0.05) is 18.2 Å². The number of nitriles is 1. The van der Waals surface area contributed by atoms with Gasteiger partial charge < -0.3 is 9.64 Å². The summed E-state index contributed by atoms with van der Waals surface area (Å²) in [6, 6.07) is 13.0. The first kappa shape index (κ1) is 13.1. The van der Waals surface area contributed by atoms with Crippen molar-refractivity contribution in [3.63, 3.8) is 0 Å². The number of amides is 1. The van der Waals surface area contributed by atoms with Gasteiger partial charge in [-0.15, -0.1) is 0 Å². The topological polar surface area (TPSA) is 66.2 Å². The number of rotatable bonds is 2. The SMILES string of the molecule is CC1Oc2ccccc2N(Cc2cccnc2C#N)C1=O. The quantitative estimate of drug-likeness (QED) is 0.845. The predicted octanol–water partition coefficient (Wildman–Crippen LogP) is 2.27. The average molecular weight is 279 g/mol. The van der Waals surface area contributed by atoms with Gasteiger partial charge in [-0.05, 0) is 25.1 Å². The summed E-state index contributed by atoms with van der Waals surface area (Å²) >= 11 is 0. The number of carbonyl (C=O) groups is 1. The molecule has 2 heterocycles. The van der Waals surface area contributed by atoms with Gasteiger partial charge in [-0.3, -0.25) is 4.79 Å². The first-order chi connectivity index (χ1) is 10.2. The van der Waals surface area contributed by atoms with Crippen molar-refractivity contribution in [1.82, 2.24) is 4.98 Å². The number of carbonyl (C=O) groups excluding carboxylic acids is 1. The molecule has 1 amide bonds. The van der Waals surface area contributed by atoms with Crippen LogP contribution in [0.3, 0.4) is 0 Å². The Balaban J connectivity index is 2.01. The highest BCUT2D eigenvalue weighted by Gasteiger charge is 2.31. The van der Waals surface area contributed by atoms with Crippen molar-refractivity contribution in [2.24, 2.45) is 0 Å². The normalized spacial score (nSPS) is 16.9. The summed E-state index contributed by atoms with van der Waals surface area (Å²) in [6.45, 7) is 2.03. The van der Waals surface area contributed by atoms with E-state index in [-0.39, 0.29) is 5.91 Å². The van der Waals surface area contributed by atoms with Gasteiger partial charge in [-0.2, -0.15) is 5.26 Å². The maximum atomic E-state index is 12.4. The molecule has 0 aliphatic carbocycles. The third-order valence-electron chi connectivity index (χ3n) is 3.40. The van der Waals surface area contributed by atoms with Crippen molar-refractivity contribution >= 4 is 11.6 Å². The first-order valence-corrected chi connectivity index (χ1v) is 6.62. The Labute approximate surface area is 122 Å². The van der Waals surface area contributed by atoms with E-state index in [0.29, 0.717) is 23.7 Å². The molecule has 1 unspecified atom stereocenters. The molecule has 0 bridgehead atoms. The molecule has 0 N–H and O–H groups in total. The van der Waals surface area contributed by atoms with Crippen LogP contribution < -0.4 is 9.64 Å². The monoisotopic (exact) mass is 279 g/mol. The molecule has 21 heavy (non-hydrogen) atoms. The highest BCUT2D eigenvalue weighted by atomic mass is 16.5. The Hall–Kier alpha value is -2.87. The van der Waals surface area contributed by atoms with E-state index in [1.165, 1.54) is 0 Å².